The van der Waals surface area contributed by atoms with E-state index in [-0.39, 0.29) is 24.8 Å². The van der Waals surface area contributed by atoms with E-state index in [1.807, 2.05) is 84.9 Å². The number of hydrogen-bond acceptors (Lipinski definition) is 4. The summed E-state index contributed by atoms with van der Waals surface area (Å²) in [7, 11) is 5.65. The predicted molar refractivity (Wildman–Crippen MR) is 149 cm³/mol. The van der Waals surface area contributed by atoms with E-state index in [0.29, 0.717) is 24.4 Å². The lowest BCUT2D eigenvalue weighted by molar-refractivity contribution is -0.127. The number of hydrogen-bond donors (Lipinski definition) is 2. The third-order valence-electron chi connectivity index (χ3n) is 5.77. The zero-order chi connectivity index (χ0) is 26.6. The zero-order valence-electron chi connectivity index (χ0n) is 21.0. The molecule has 0 aliphatic rings. The lowest BCUT2D eigenvalue weighted by atomic mass is 9.96. The Kier molecular flexibility index (Phi) is 9.71. The fraction of sp³-hybridized carbons (Fsp3) is 0.161. The minimum absolute atomic E-state index is 0.0216. The fourth-order valence-corrected chi connectivity index (χ4v) is 3.74. The first-order chi connectivity index (χ1) is 18.6. The molecule has 6 nitrogen and oxygen atoms in total. The zero-order valence-corrected chi connectivity index (χ0v) is 21.0. The molecular formula is C31H29BN2O4. The molecule has 1 atom stereocenters. The lowest BCUT2D eigenvalue weighted by Crippen LogP contribution is -2.47. The molecular weight excluding hydrogens is 475 g/mol. The summed E-state index contributed by atoms with van der Waals surface area (Å²) in [6, 6.07) is 32.8. The number of amides is 2. The van der Waals surface area contributed by atoms with Crippen LogP contribution in [0.4, 0.5) is 5.69 Å². The molecule has 0 heterocycles. The van der Waals surface area contributed by atoms with Crippen molar-refractivity contribution in [2.24, 2.45) is 0 Å². The molecule has 0 aliphatic carbocycles. The van der Waals surface area contributed by atoms with Crippen molar-refractivity contribution < 1.29 is 19.1 Å². The first kappa shape index (κ1) is 26.7. The van der Waals surface area contributed by atoms with E-state index in [0.717, 1.165) is 22.4 Å². The van der Waals surface area contributed by atoms with Crippen LogP contribution in [0.25, 0.3) is 0 Å². The summed E-state index contributed by atoms with van der Waals surface area (Å²) in [6.07, 6.45) is 0.575. The Labute approximate surface area is 224 Å². The molecule has 4 rings (SSSR count). The van der Waals surface area contributed by atoms with Gasteiger partial charge in [0.15, 0.2) is 0 Å². The average molecular weight is 504 g/mol. The highest BCUT2D eigenvalue weighted by molar-refractivity contribution is 6.08. The lowest BCUT2D eigenvalue weighted by Gasteiger charge is -2.19. The average Bonchev–Trinajstić information content (AvgIpc) is 2.95. The Morgan fingerprint density at radius 1 is 0.711 bits per heavy atom. The molecule has 7 heteroatoms. The van der Waals surface area contributed by atoms with Crippen molar-refractivity contribution in [2.75, 3.05) is 11.9 Å². The number of rotatable bonds is 12. The van der Waals surface area contributed by atoms with Crippen LogP contribution < -0.4 is 15.4 Å². The highest BCUT2D eigenvalue weighted by atomic mass is 16.5. The molecule has 1 unspecified atom stereocenters. The summed E-state index contributed by atoms with van der Waals surface area (Å²) in [4.78, 5) is 25.9. The Morgan fingerprint density at radius 3 is 1.97 bits per heavy atom. The highest BCUT2D eigenvalue weighted by Gasteiger charge is 2.22. The van der Waals surface area contributed by atoms with E-state index in [2.05, 4.69) is 10.6 Å². The summed E-state index contributed by atoms with van der Waals surface area (Å²) in [5, 5.41) is 5.68. The van der Waals surface area contributed by atoms with E-state index in [4.69, 9.17) is 17.3 Å². The number of anilines is 1. The van der Waals surface area contributed by atoms with E-state index in [9.17, 15) is 9.59 Å². The van der Waals surface area contributed by atoms with Crippen LogP contribution in [0.15, 0.2) is 109 Å². The molecule has 2 radical (unpaired) electrons. The van der Waals surface area contributed by atoms with Crippen LogP contribution in [-0.2, 0) is 33.7 Å². The monoisotopic (exact) mass is 504 g/mol. The number of ether oxygens (including phenoxy) is 2. The molecule has 0 spiro atoms. The molecule has 0 bridgehead atoms. The predicted octanol–water partition coefficient (Wildman–Crippen LogP) is 5.03. The van der Waals surface area contributed by atoms with Gasteiger partial charge in [0.05, 0.1) is 27.5 Å². The third kappa shape index (κ3) is 8.35. The molecule has 0 fully saturated rings. The quantitative estimate of drug-likeness (QED) is 0.266. The molecule has 2 N–H and O–H groups in total. The van der Waals surface area contributed by atoms with Crippen molar-refractivity contribution in [3.8, 4) is 11.5 Å². The molecule has 38 heavy (non-hydrogen) atoms. The van der Waals surface area contributed by atoms with Crippen LogP contribution in [-0.4, -0.2) is 32.3 Å². The highest BCUT2D eigenvalue weighted by Crippen LogP contribution is 2.22. The van der Waals surface area contributed by atoms with Crippen molar-refractivity contribution in [3.05, 3.63) is 126 Å². The van der Waals surface area contributed by atoms with Crippen molar-refractivity contribution in [1.29, 1.82) is 0 Å². The Bertz CT molecular complexity index is 1300. The summed E-state index contributed by atoms with van der Waals surface area (Å²) < 4.78 is 11.6. The van der Waals surface area contributed by atoms with Crippen molar-refractivity contribution in [1.82, 2.24) is 5.32 Å². The maximum absolute atomic E-state index is 13.2. The number of carbonyl (C=O) groups is 2. The maximum atomic E-state index is 13.2. The van der Waals surface area contributed by atoms with Gasteiger partial charge in [0, 0.05) is 5.69 Å². The standard InChI is InChI=1S/C31H29BN2O4/c32-20-24-13-11-23(12-14-24)19-30(35)34-29(22-37-21-25-7-3-1-4-8-25)31(36)33-26-15-17-28(18-16-26)38-27-9-5-2-6-10-27/h1-18,29H,19-22H2,(H,33,36)(H,34,35). The minimum Gasteiger partial charge on any atom is -0.457 e. The molecule has 4 aromatic carbocycles. The molecule has 4 aromatic rings. The van der Waals surface area contributed by atoms with Crippen LogP contribution in [0.3, 0.4) is 0 Å². The summed E-state index contributed by atoms with van der Waals surface area (Å²) in [6.45, 7) is 0.348. The normalized spacial score (nSPS) is 11.4. The van der Waals surface area contributed by atoms with Crippen LogP contribution >= 0.6 is 0 Å². The van der Waals surface area contributed by atoms with E-state index < -0.39 is 6.04 Å². The largest absolute Gasteiger partial charge is 0.457 e. The SMILES string of the molecule is [B]Cc1ccc(CC(=O)NC(COCc2ccccc2)C(=O)Nc2ccc(Oc3ccccc3)cc2)cc1. The van der Waals surface area contributed by atoms with Gasteiger partial charge in [-0.2, -0.15) is 0 Å². The van der Waals surface area contributed by atoms with E-state index >= 15 is 0 Å². The van der Waals surface area contributed by atoms with Crippen molar-refractivity contribution in [3.63, 3.8) is 0 Å². The number of benzene rings is 4. The molecule has 2 amide bonds. The smallest absolute Gasteiger partial charge is 0.249 e. The van der Waals surface area contributed by atoms with Crippen molar-refractivity contribution in [2.45, 2.75) is 25.4 Å². The van der Waals surface area contributed by atoms with Gasteiger partial charge in [0.2, 0.25) is 11.8 Å². The van der Waals surface area contributed by atoms with Crippen LogP contribution in [0.2, 0.25) is 0 Å². The van der Waals surface area contributed by atoms with Gasteiger partial charge in [-0.25, -0.2) is 0 Å². The van der Waals surface area contributed by atoms with Gasteiger partial charge >= 0.3 is 0 Å². The van der Waals surface area contributed by atoms with E-state index in [1.54, 1.807) is 24.3 Å². The van der Waals surface area contributed by atoms with Crippen LogP contribution in [0.5, 0.6) is 11.5 Å². The summed E-state index contributed by atoms with van der Waals surface area (Å²) >= 11 is 0. The number of nitrogens with one attached hydrogen (secondary N) is 2. The first-order valence-electron chi connectivity index (χ1n) is 12.4. The molecule has 0 saturated carbocycles. The molecule has 0 aromatic heterocycles. The second kappa shape index (κ2) is 13.8. The minimum atomic E-state index is -0.880. The summed E-state index contributed by atoms with van der Waals surface area (Å²) in [5.41, 5.74) is 3.38. The van der Waals surface area contributed by atoms with Gasteiger partial charge in [0.1, 0.15) is 17.5 Å². The topological polar surface area (TPSA) is 76.7 Å². The van der Waals surface area contributed by atoms with Crippen molar-refractivity contribution >= 4 is 25.3 Å². The second-order valence-corrected chi connectivity index (χ2v) is 8.75. The van der Waals surface area contributed by atoms with Gasteiger partial charge in [-0.05, 0) is 47.5 Å². The van der Waals surface area contributed by atoms with Gasteiger partial charge in [-0.1, -0.05) is 84.7 Å². The second-order valence-electron chi connectivity index (χ2n) is 8.75. The maximum Gasteiger partial charge on any atom is 0.249 e. The van der Waals surface area contributed by atoms with Crippen LogP contribution in [0.1, 0.15) is 16.7 Å². The van der Waals surface area contributed by atoms with Gasteiger partial charge < -0.3 is 20.1 Å². The van der Waals surface area contributed by atoms with E-state index in [1.165, 1.54) is 0 Å². The summed E-state index contributed by atoms with van der Waals surface area (Å²) in [5.74, 6) is 0.716. The first-order valence-corrected chi connectivity index (χ1v) is 12.4. The van der Waals surface area contributed by atoms with Gasteiger partial charge in [-0.3, -0.25) is 9.59 Å². The third-order valence-corrected chi connectivity index (χ3v) is 5.77. The van der Waals surface area contributed by atoms with Crippen LogP contribution in [0, 0.1) is 0 Å². The Morgan fingerprint density at radius 2 is 1.32 bits per heavy atom. The molecule has 190 valence electrons. The number of para-hydroxylation sites is 1. The molecule has 0 aliphatic heterocycles. The number of carbonyl (C=O) groups excluding carboxylic acids is 2. The Balaban J connectivity index is 1.38. The fourth-order valence-electron chi connectivity index (χ4n) is 3.74. The Hall–Kier alpha value is -4.36. The molecule has 0 saturated heterocycles. The van der Waals surface area contributed by atoms with Gasteiger partial charge in [0.25, 0.3) is 0 Å². The van der Waals surface area contributed by atoms with Gasteiger partial charge in [-0.15, -0.1) is 0 Å².